The molecule has 0 aliphatic carbocycles. The summed E-state index contributed by atoms with van der Waals surface area (Å²) in [6, 6.07) is 3.58. The van der Waals surface area contributed by atoms with E-state index in [-0.39, 0.29) is 12.0 Å². The summed E-state index contributed by atoms with van der Waals surface area (Å²) >= 11 is 0. The van der Waals surface area contributed by atoms with E-state index >= 15 is 0 Å². The molecule has 0 spiro atoms. The summed E-state index contributed by atoms with van der Waals surface area (Å²) in [6.45, 7) is 0.193. The summed E-state index contributed by atoms with van der Waals surface area (Å²) in [5, 5.41) is 14.0. The number of hydrogen-bond acceptors (Lipinski definition) is 4. The van der Waals surface area contributed by atoms with Crippen molar-refractivity contribution in [2.75, 3.05) is 19.8 Å². The smallest absolute Gasteiger partial charge is 0.416 e. The van der Waals surface area contributed by atoms with E-state index in [1.54, 1.807) is 0 Å². The molecule has 27 heavy (non-hydrogen) atoms. The number of aliphatic carboxylic acids is 1. The van der Waals surface area contributed by atoms with Crippen molar-refractivity contribution < 1.29 is 37.4 Å². The molecular formula is C17H19F3N2O5. The van der Waals surface area contributed by atoms with Gasteiger partial charge in [0.15, 0.2) is 0 Å². The van der Waals surface area contributed by atoms with Gasteiger partial charge in [0.1, 0.15) is 0 Å². The van der Waals surface area contributed by atoms with Crippen LogP contribution in [0, 0.1) is 0 Å². The molecule has 1 fully saturated rings. The molecule has 1 aromatic rings. The molecule has 3 N–H and O–H groups in total. The van der Waals surface area contributed by atoms with E-state index in [0.717, 1.165) is 24.3 Å². The predicted octanol–water partition coefficient (Wildman–Crippen LogP) is 1.58. The van der Waals surface area contributed by atoms with E-state index in [1.165, 1.54) is 0 Å². The Balaban J connectivity index is 1.92. The van der Waals surface area contributed by atoms with Crippen molar-refractivity contribution in [3.63, 3.8) is 0 Å². The molecule has 0 atom stereocenters. The van der Waals surface area contributed by atoms with Crippen LogP contribution in [0.3, 0.4) is 0 Å². The minimum absolute atomic E-state index is 0.0258. The van der Waals surface area contributed by atoms with E-state index in [9.17, 15) is 27.6 Å². The van der Waals surface area contributed by atoms with Gasteiger partial charge in [-0.2, -0.15) is 13.2 Å². The number of ether oxygens (including phenoxy) is 1. The molecule has 1 heterocycles. The minimum atomic E-state index is -4.50. The lowest BCUT2D eigenvalue weighted by atomic mass is 9.86. The Hall–Kier alpha value is -2.62. The van der Waals surface area contributed by atoms with Crippen LogP contribution in [0.1, 0.15) is 35.2 Å². The summed E-state index contributed by atoms with van der Waals surface area (Å²) in [5.41, 5.74) is -1.85. The average Bonchev–Trinajstić information content (AvgIpc) is 2.59. The lowest BCUT2D eigenvalue weighted by Crippen LogP contribution is -2.55. The van der Waals surface area contributed by atoms with Crippen LogP contribution >= 0.6 is 0 Å². The topological polar surface area (TPSA) is 105 Å². The van der Waals surface area contributed by atoms with Crippen LogP contribution < -0.4 is 10.6 Å². The molecule has 1 aliphatic heterocycles. The van der Waals surface area contributed by atoms with Gasteiger partial charge in [0.25, 0.3) is 5.91 Å². The van der Waals surface area contributed by atoms with Crippen LogP contribution in [0.2, 0.25) is 0 Å². The lowest BCUT2D eigenvalue weighted by Gasteiger charge is -2.36. The van der Waals surface area contributed by atoms with E-state index in [2.05, 4.69) is 10.6 Å². The highest BCUT2D eigenvalue weighted by Gasteiger charge is 2.36. The molecule has 0 radical (unpaired) electrons. The first kappa shape index (κ1) is 20.7. The Morgan fingerprint density at radius 3 is 2.22 bits per heavy atom. The van der Waals surface area contributed by atoms with Gasteiger partial charge >= 0.3 is 12.1 Å². The van der Waals surface area contributed by atoms with Gasteiger partial charge in [-0.05, 0) is 37.1 Å². The Bertz CT molecular complexity index is 698. The van der Waals surface area contributed by atoms with Gasteiger partial charge in [-0.25, -0.2) is 0 Å². The molecule has 2 amide bonds. The average molecular weight is 388 g/mol. The van der Waals surface area contributed by atoms with Crippen LogP contribution in [0.25, 0.3) is 0 Å². The summed E-state index contributed by atoms with van der Waals surface area (Å²) in [7, 11) is 0. The van der Waals surface area contributed by atoms with Crippen LogP contribution in [0.15, 0.2) is 24.3 Å². The van der Waals surface area contributed by atoms with Crippen molar-refractivity contribution in [3.8, 4) is 0 Å². The molecule has 1 aromatic carbocycles. The lowest BCUT2D eigenvalue weighted by molar-refractivity contribution is -0.140. The van der Waals surface area contributed by atoms with Crippen LogP contribution in [0.4, 0.5) is 13.2 Å². The predicted molar refractivity (Wildman–Crippen MR) is 87.0 cm³/mol. The number of carbonyl (C=O) groups is 3. The Morgan fingerprint density at radius 2 is 1.70 bits per heavy atom. The molecule has 0 unspecified atom stereocenters. The Kier molecular flexibility index (Phi) is 6.42. The second-order valence-corrected chi connectivity index (χ2v) is 6.27. The van der Waals surface area contributed by atoms with Crippen molar-refractivity contribution in [2.45, 2.75) is 31.0 Å². The number of carbonyl (C=O) groups excluding carboxylic acids is 2. The third kappa shape index (κ3) is 5.95. The molecule has 2 rings (SSSR count). The van der Waals surface area contributed by atoms with E-state index in [0.29, 0.717) is 26.1 Å². The fourth-order valence-electron chi connectivity index (χ4n) is 2.81. The zero-order valence-electron chi connectivity index (χ0n) is 14.3. The first-order valence-corrected chi connectivity index (χ1v) is 8.17. The van der Waals surface area contributed by atoms with Gasteiger partial charge in [0.2, 0.25) is 5.91 Å². The number of halogens is 3. The first-order chi connectivity index (χ1) is 12.6. The molecule has 0 bridgehead atoms. The zero-order chi connectivity index (χ0) is 20.1. The maximum atomic E-state index is 12.5. The Labute approximate surface area is 152 Å². The number of nitrogens with one attached hydrogen (secondary N) is 2. The van der Waals surface area contributed by atoms with Gasteiger partial charge < -0.3 is 20.5 Å². The van der Waals surface area contributed by atoms with Crippen LogP contribution in [-0.2, 0) is 20.5 Å². The number of rotatable bonds is 6. The van der Waals surface area contributed by atoms with Gasteiger partial charge in [-0.3, -0.25) is 14.4 Å². The fourth-order valence-corrected chi connectivity index (χ4v) is 2.81. The quantitative estimate of drug-likeness (QED) is 0.686. The van der Waals surface area contributed by atoms with Crippen LogP contribution in [0.5, 0.6) is 0 Å². The van der Waals surface area contributed by atoms with Crippen molar-refractivity contribution in [1.29, 1.82) is 0 Å². The monoisotopic (exact) mass is 388 g/mol. The van der Waals surface area contributed by atoms with Crippen LogP contribution in [-0.4, -0.2) is 48.2 Å². The summed E-state index contributed by atoms with van der Waals surface area (Å²) < 4.78 is 42.7. The molecule has 148 valence electrons. The molecule has 1 saturated heterocycles. The number of carboxylic acids is 1. The highest BCUT2D eigenvalue weighted by atomic mass is 19.4. The summed E-state index contributed by atoms with van der Waals surface area (Å²) in [6.07, 6.45) is -4.11. The molecule has 0 aromatic heterocycles. The normalized spacial score (nSPS) is 16.4. The zero-order valence-corrected chi connectivity index (χ0v) is 14.3. The van der Waals surface area contributed by atoms with Crippen molar-refractivity contribution >= 4 is 17.8 Å². The first-order valence-electron chi connectivity index (χ1n) is 8.17. The minimum Gasteiger partial charge on any atom is -0.481 e. The number of hydrogen-bond donors (Lipinski definition) is 3. The molecular weight excluding hydrogens is 369 g/mol. The van der Waals surface area contributed by atoms with Crippen molar-refractivity contribution in [1.82, 2.24) is 10.6 Å². The number of benzene rings is 1. The second kappa shape index (κ2) is 8.38. The van der Waals surface area contributed by atoms with Gasteiger partial charge in [-0.15, -0.1) is 0 Å². The second-order valence-electron chi connectivity index (χ2n) is 6.27. The molecule has 0 saturated carbocycles. The van der Waals surface area contributed by atoms with E-state index in [4.69, 9.17) is 9.84 Å². The van der Waals surface area contributed by atoms with Gasteiger partial charge in [0, 0.05) is 18.8 Å². The third-order valence-electron chi connectivity index (χ3n) is 4.23. The number of carboxylic acid groups (broad SMARTS) is 1. The molecule has 1 aliphatic rings. The summed E-state index contributed by atoms with van der Waals surface area (Å²) in [5.74, 6) is -2.36. The third-order valence-corrected chi connectivity index (χ3v) is 4.23. The summed E-state index contributed by atoms with van der Waals surface area (Å²) in [4.78, 5) is 35.1. The highest BCUT2D eigenvalue weighted by Crippen LogP contribution is 2.29. The maximum Gasteiger partial charge on any atom is 0.416 e. The van der Waals surface area contributed by atoms with Gasteiger partial charge in [-0.1, -0.05) is 0 Å². The van der Waals surface area contributed by atoms with E-state index < -0.39 is 41.6 Å². The largest absolute Gasteiger partial charge is 0.481 e. The van der Waals surface area contributed by atoms with Crippen molar-refractivity contribution in [3.05, 3.63) is 35.4 Å². The Morgan fingerprint density at radius 1 is 1.11 bits per heavy atom. The highest BCUT2D eigenvalue weighted by molar-refractivity contribution is 5.96. The standard InChI is InChI=1S/C17H19F3N2O5/c18-17(19,20)12-3-1-11(2-4-12)15(26)21-10-13(23)22-16(9-14(24)25)5-7-27-8-6-16/h1-4H,5-10H2,(H,21,26)(H,22,23)(H,24,25). The molecule has 7 nitrogen and oxygen atoms in total. The SMILES string of the molecule is O=C(O)CC1(NC(=O)CNC(=O)c2ccc(C(F)(F)F)cc2)CCOCC1. The van der Waals surface area contributed by atoms with Crippen molar-refractivity contribution in [2.24, 2.45) is 0 Å². The fraction of sp³-hybridized carbons (Fsp3) is 0.471. The van der Waals surface area contributed by atoms with E-state index in [1.807, 2.05) is 0 Å². The number of alkyl halides is 3. The number of amides is 2. The molecule has 10 heteroatoms. The maximum absolute atomic E-state index is 12.5. The van der Waals surface area contributed by atoms with Gasteiger partial charge in [0.05, 0.1) is 24.1 Å².